The number of carbonyl (C=O) groups excluding carboxylic acids is 1. The molecule has 58 valence electrons. The molecule has 1 aliphatic heterocycles. The van der Waals surface area contributed by atoms with Gasteiger partial charge in [-0.25, -0.2) is 0 Å². The van der Waals surface area contributed by atoms with Crippen molar-refractivity contribution in [3.8, 4) is 0 Å². The van der Waals surface area contributed by atoms with Crippen molar-refractivity contribution in [2.75, 3.05) is 19.1 Å². The fraction of sp³-hybridized carbons (Fsp3) is 0.857. The van der Waals surface area contributed by atoms with E-state index < -0.39 is 0 Å². The van der Waals surface area contributed by atoms with Crippen molar-refractivity contribution in [2.24, 2.45) is 5.92 Å². The Labute approximate surface area is 65.5 Å². The minimum atomic E-state index is 0.136. The Hall–Kier alpha value is -0.0800. The second kappa shape index (κ2) is 3.94. The molecule has 0 aromatic carbocycles. The van der Waals surface area contributed by atoms with Gasteiger partial charge in [-0.1, -0.05) is 0 Å². The van der Waals surface area contributed by atoms with Crippen LogP contribution in [0, 0.1) is 5.92 Å². The molecule has 1 saturated heterocycles. The van der Waals surface area contributed by atoms with Crippen molar-refractivity contribution in [1.29, 1.82) is 0 Å². The summed E-state index contributed by atoms with van der Waals surface area (Å²) in [6.45, 7) is 1.54. The first kappa shape index (κ1) is 8.02. The molecule has 0 aliphatic carbocycles. The van der Waals surface area contributed by atoms with Crippen molar-refractivity contribution in [3.05, 3.63) is 0 Å². The van der Waals surface area contributed by atoms with Gasteiger partial charge >= 0.3 is 0 Å². The molecule has 10 heavy (non-hydrogen) atoms. The largest absolute Gasteiger partial charge is 0.381 e. The summed E-state index contributed by atoms with van der Waals surface area (Å²) in [7, 11) is 0. The van der Waals surface area contributed by atoms with E-state index in [-0.39, 0.29) is 11.7 Å². The van der Waals surface area contributed by atoms with Gasteiger partial charge in [0.15, 0.2) is 0 Å². The number of rotatable bonds is 3. The maximum atomic E-state index is 10.8. The zero-order valence-electron chi connectivity index (χ0n) is 5.81. The number of halogens is 1. The molecule has 1 atom stereocenters. The molecular weight excluding hydrogens is 152 g/mol. The number of ether oxygens (including phenoxy) is 1. The summed E-state index contributed by atoms with van der Waals surface area (Å²) in [5.74, 6) is 0.722. The zero-order chi connectivity index (χ0) is 7.40. The van der Waals surface area contributed by atoms with E-state index in [2.05, 4.69) is 0 Å². The Balaban J connectivity index is 2.17. The number of ketones is 1. The first-order chi connectivity index (χ1) is 4.83. The number of alkyl halides is 1. The Kier molecular flexibility index (Phi) is 3.16. The highest BCUT2D eigenvalue weighted by Gasteiger charge is 2.17. The number of hydrogen-bond acceptors (Lipinski definition) is 2. The Bertz CT molecular complexity index is 119. The van der Waals surface area contributed by atoms with Gasteiger partial charge in [-0.2, -0.15) is 0 Å². The maximum Gasteiger partial charge on any atom is 0.147 e. The molecular formula is C7H11ClO2. The van der Waals surface area contributed by atoms with E-state index >= 15 is 0 Å². The minimum Gasteiger partial charge on any atom is -0.381 e. The third-order valence-corrected chi connectivity index (χ3v) is 1.99. The van der Waals surface area contributed by atoms with Gasteiger partial charge in [0, 0.05) is 19.6 Å². The first-order valence-electron chi connectivity index (χ1n) is 3.48. The molecule has 0 N–H and O–H groups in total. The number of carbonyl (C=O) groups is 1. The quantitative estimate of drug-likeness (QED) is 0.584. The van der Waals surface area contributed by atoms with Crippen LogP contribution in [0.5, 0.6) is 0 Å². The van der Waals surface area contributed by atoms with Crippen LogP contribution >= 0.6 is 11.6 Å². The molecule has 0 radical (unpaired) electrons. The van der Waals surface area contributed by atoms with Gasteiger partial charge in [0.05, 0.1) is 5.88 Å². The van der Waals surface area contributed by atoms with Crippen LogP contribution in [0.1, 0.15) is 12.8 Å². The highest BCUT2D eigenvalue weighted by molar-refractivity contribution is 6.27. The molecule has 0 bridgehead atoms. The summed E-state index contributed by atoms with van der Waals surface area (Å²) < 4.78 is 5.11. The van der Waals surface area contributed by atoms with Crippen LogP contribution < -0.4 is 0 Å². The van der Waals surface area contributed by atoms with Crippen LogP contribution in [0.25, 0.3) is 0 Å². The molecule has 0 aromatic rings. The van der Waals surface area contributed by atoms with Gasteiger partial charge in [-0.05, 0) is 12.3 Å². The van der Waals surface area contributed by atoms with Gasteiger partial charge in [0.2, 0.25) is 0 Å². The third kappa shape index (κ3) is 2.27. The van der Waals surface area contributed by atoms with Crippen molar-refractivity contribution >= 4 is 17.4 Å². The summed E-state index contributed by atoms with van der Waals surface area (Å²) in [5, 5.41) is 0. The zero-order valence-corrected chi connectivity index (χ0v) is 6.56. The molecule has 0 aromatic heterocycles. The lowest BCUT2D eigenvalue weighted by molar-refractivity contribution is -0.117. The summed E-state index contributed by atoms with van der Waals surface area (Å²) in [6, 6.07) is 0. The maximum absolute atomic E-state index is 10.8. The summed E-state index contributed by atoms with van der Waals surface area (Å²) in [4.78, 5) is 10.8. The van der Waals surface area contributed by atoms with Crippen LogP contribution in [-0.2, 0) is 9.53 Å². The first-order valence-corrected chi connectivity index (χ1v) is 4.02. The van der Waals surface area contributed by atoms with Gasteiger partial charge in [0.1, 0.15) is 5.78 Å². The van der Waals surface area contributed by atoms with Crippen molar-refractivity contribution in [1.82, 2.24) is 0 Å². The number of Topliss-reactive ketones (excluding diaryl/α,β-unsaturated/α-hetero) is 1. The highest BCUT2D eigenvalue weighted by Crippen LogP contribution is 2.16. The topological polar surface area (TPSA) is 26.3 Å². The molecule has 1 heterocycles. The van der Waals surface area contributed by atoms with Crippen LogP contribution in [0.3, 0.4) is 0 Å². The molecule has 1 aliphatic rings. The second-order valence-corrected chi connectivity index (χ2v) is 2.87. The lowest BCUT2D eigenvalue weighted by atomic mass is 10.0. The van der Waals surface area contributed by atoms with Crippen LogP contribution in [0.15, 0.2) is 0 Å². The van der Waals surface area contributed by atoms with Gasteiger partial charge in [-0.3, -0.25) is 4.79 Å². The second-order valence-electron chi connectivity index (χ2n) is 2.61. The van der Waals surface area contributed by atoms with Crippen LogP contribution in [0.4, 0.5) is 0 Å². The summed E-state index contributed by atoms with van der Waals surface area (Å²) in [5.41, 5.74) is 0. The van der Waals surface area contributed by atoms with Gasteiger partial charge in [-0.15, -0.1) is 11.6 Å². The average molecular weight is 163 g/mol. The molecule has 0 saturated carbocycles. The number of hydrogen-bond donors (Lipinski definition) is 0. The third-order valence-electron chi connectivity index (χ3n) is 1.69. The highest BCUT2D eigenvalue weighted by atomic mass is 35.5. The Morgan fingerprint density at radius 3 is 3.00 bits per heavy atom. The normalized spacial score (nSPS) is 25.1. The smallest absolute Gasteiger partial charge is 0.147 e. The van der Waals surface area contributed by atoms with E-state index in [9.17, 15) is 4.79 Å². The standard InChI is InChI=1S/C7H11ClO2/c8-4-7(9)3-6-1-2-10-5-6/h6H,1-5H2. The van der Waals surface area contributed by atoms with E-state index in [1.807, 2.05) is 0 Å². The Morgan fingerprint density at radius 1 is 1.70 bits per heavy atom. The lowest BCUT2D eigenvalue weighted by Crippen LogP contribution is -2.08. The Morgan fingerprint density at radius 2 is 2.50 bits per heavy atom. The average Bonchev–Trinajstić information content (AvgIpc) is 2.40. The summed E-state index contributed by atoms with van der Waals surface area (Å²) >= 11 is 5.34. The predicted octanol–water partition coefficient (Wildman–Crippen LogP) is 1.22. The summed E-state index contributed by atoms with van der Waals surface area (Å²) in [6.07, 6.45) is 1.62. The molecule has 0 amide bonds. The monoisotopic (exact) mass is 162 g/mol. The van der Waals surface area contributed by atoms with Gasteiger partial charge < -0.3 is 4.74 Å². The molecule has 1 fully saturated rings. The van der Waals surface area contributed by atoms with E-state index in [0.717, 1.165) is 19.6 Å². The van der Waals surface area contributed by atoms with E-state index in [0.29, 0.717) is 12.3 Å². The molecule has 1 rings (SSSR count). The molecule has 3 heteroatoms. The van der Waals surface area contributed by atoms with Crippen LogP contribution in [-0.4, -0.2) is 24.9 Å². The van der Waals surface area contributed by atoms with Gasteiger partial charge in [0.25, 0.3) is 0 Å². The fourth-order valence-electron chi connectivity index (χ4n) is 1.12. The molecule has 1 unspecified atom stereocenters. The van der Waals surface area contributed by atoms with Crippen molar-refractivity contribution < 1.29 is 9.53 Å². The van der Waals surface area contributed by atoms with Crippen molar-refractivity contribution in [3.63, 3.8) is 0 Å². The minimum absolute atomic E-state index is 0.136. The van der Waals surface area contributed by atoms with E-state index in [1.54, 1.807) is 0 Å². The van der Waals surface area contributed by atoms with E-state index in [4.69, 9.17) is 16.3 Å². The fourth-order valence-corrected chi connectivity index (χ4v) is 1.23. The predicted molar refractivity (Wildman–Crippen MR) is 39.3 cm³/mol. The molecule has 2 nitrogen and oxygen atoms in total. The van der Waals surface area contributed by atoms with Crippen LogP contribution in [0.2, 0.25) is 0 Å². The lowest BCUT2D eigenvalue weighted by Gasteiger charge is -2.02. The van der Waals surface area contributed by atoms with E-state index in [1.165, 1.54) is 0 Å². The van der Waals surface area contributed by atoms with Crippen molar-refractivity contribution in [2.45, 2.75) is 12.8 Å². The molecule has 0 spiro atoms. The SMILES string of the molecule is O=C(CCl)CC1CCOC1.